The zero-order valence-corrected chi connectivity index (χ0v) is 15.7. The van der Waals surface area contributed by atoms with Crippen LogP contribution >= 0.6 is 11.3 Å². The fraction of sp³-hybridized carbons (Fsp3) is 0.200. The number of anilines is 1. The van der Waals surface area contributed by atoms with Crippen molar-refractivity contribution in [3.63, 3.8) is 0 Å². The molecule has 138 valence electrons. The Morgan fingerprint density at radius 3 is 2.70 bits per heavy atom. The predicted octanol–water partition coefficient (Wildman–Crippen LogP) is 3.95. The fourth-order valence-corrected chi connectivity index (χ4v) is 3.16. The van der Waals surface area contributed by atoms with Gasteiger partial charge in [0.15, 0.2) is 0 Å². The molecule has 27 heavy (non-hydrogen) atoms. The Balaban J connectivity index is 1.56. The highest BCUT2D eigenvalue weighted by Gasteiger charge is 2.11. The molecule has 1 N–H and O–H groups in total. The van der Waals surface area contributed by atoms with E-state index in [9.17, 15) is 9.59 Å². The molecule has 3 rings (SSSR count). The van der Waals surface area contributed by atoms with Crippen LogP contribution in [0.2, 0.25) is 0 Å². The van der Waals surface area contributed by atoms with Gasteiger partial charge >= 0.3 is 5.97 Å². The summed E-state index contributed by atoms with van der Waals surface area (Å²) < 4.78 is 5.08. The standard InChI is InChI=1S/C20H19N3O3S/c1-2-10-26-20(25)14-5-7-16(8-6-14)22-18(24)11-17-13-27-19(23-17)15-4-3-9-21-12-15/h3-9,12-13H,2,10-11H2,1H3,(H,22,24). The highest BCUT2D eigenvalue weighted by Crippen LogP contribution is 2.23. The van der Waals surface area contributed by atoms with Gasteiger partial charge in [-0.15, -0.1) is 11.3 Å². The number of esters is 1. The van der Waals surface area contributed by atoms with E-state index in [4.69, 9.17) is 4.74 Å². The van der Waals surface area contributed by atoms with Gasteiger partial charge in [-0.2, -0.15) is 0 Å². The van der Waals surface area contributed by atoms with Gasteiger partial charge in [-0.3, -0.25) is 9.78 Å². The van der Waals surface area contributed by atoms with Crippen molar-refractivity contribution in [1.29, 1.82) is 0 Å². The van der Waals surface area contributed by atoms with Crippen molar-refractivity contribution < 1.29 is 14.3 Å². The van der Waals surface area contributed by atoms with Crippen LogP contribution in [0.25, 0.3) is 10.6 Å². The van der Waals surface area contributed by atoms with Crippen LogP contribution in [0, 0.1) is 0 Å². The van der Waals surface area contributed by atoms with Crippen molar-refractivity contribution in [2.24, 2.45) is 0 Å². The van der Waals surface area contributed by atoms with E-state index in [-0.39, 0.29) is 18.3 Å². The Morgan fingerprint density at radius 2 is 2.00 bits per heavy atom. The molecule has 6 nitrogen and oxygen atoms in total. The zero-order chi connectivity index (χ0) is 19.1. The molecule has 0 radical (unpaired) electrons. The number of hydrogen-bond acceptors (Lipinski definition) is 6. The molecule has 1 amide bonds. The third-order valence-corrected chi connectivity index (χ3v) is 4.58. The Labute approximate surface area is 161 Å². The van der Waals surface area contributed by atoms with Crippen molar-refractivity contribution >= 4 is 28.9 Å². The van der Waals surface area contributed by atoms with E-state index in [1.54, 1.807) is 36.7 Å². The van der Waals surface area contributed by atoms with Gasteiger partial charge in [-0.1, -0.05) is 6.92 Å². The minimum absolute atomic E-state index is 0.167. The van der Waals surface area contributed by atoms with Crippen LogP contribution in [-0.2, 0) is 16.0 Å². The van der Waals surface area contributed by atoms with E-state index < -0.39 is 0 Å². The van der Waals surface area contributed by atoms with Gasteiger partial charge in [0.25, 0.3) is 0 Å². The Bertz CT molecular complexity index is 908. The van der Waals surface area contributed by atoms with Gasteiger partial charge < -0.3 is 10.1 Å². The van der Waals surface area contributed by atoms with Gasteiger partial charge in [-0.05, 0) is 42.8 Å². The molecule has 2 heterocycles. The van der Waals surface area contributed by atoms with Crippen molar-refractivity contribution in [3.05, 3.63) is 65.4 Å². The van der Waals surface area contributed by atoms with E-state index in [0.29, 0.717) is 23.6 Å². The normalized spacial score (nSPS) is 10.4. The monoisotopic (exact) mass is 381 g/mol. The number of rotatable bonds is 7. The van der Waals surface area contributed by atoms with Gasteiger partial charge in [0.05, 0.1) is 24.3 Å². The summed E-state index contributed by atoms with van der Waals surface area (Å²) in [6, 6.07) is 10.4. The summed E-state index contributed by atoms with van der Waals surface area (Å²) in [5, 5.41) is 5.51. The molecule has 2 aromatic heterocycles. The second-order valence-corrected chi connectivity index (χ2v) is 6.68. The third kappa shape index (κ3) is 5.21. The van der Waals surface area contributed by atoms with Gasteiger partial charge in [0.2, 0.25) is 5.91 Å². The largest absolute Gasteiger partial charge is 0.462 e. The molecule has 7 heteroatoms. The number of carbonyl (C=O) groups is 2. The number of benzene rings is 1. The van der Waals surface area contributed by atoms with Crippen LogP contribution < -0.4 is 5.32 Å². The molecule has 1 aromatic carbocycles. The first-order valence-electron chi connectivity index (χ1n) is 8.57. The lowest BCUT2D eigenvalue weighted by Gasteiger charge is -2.06. The number of aromatic nitrogens is 2. The van der Waals surface area contributed by atoms with E-state index in [0.717, 1.165) is 17.0 Å². The first kappa shape index (κ1) is 18.7. The summed E-state index contributed by atoms with van der Waals surface area (Å²) in [7, 11) is 0. The molecule has 0 aliphatic heterocycles. The number of amides is 1. The lowest BCUT2D eigenvalue weighted by molar-refractivity contribution is -0.115. The maximum Gasteiger partial charge on any atom is 0.338 e. The Morgan fingerprint density at radius 1 is 1.19 bits per heavy atom. The summed E-state index contributed by atoms with van der Waals surface area (Å²) in [6.07, 6.45) is 4.41. The second-order valence-electron chi connectivity index (χ2n) is 5.82. The minimum atomic E-state index is -0.361. The second kappa shape index (κ2) is 9.05. The summed E-state index contributed by atoms with van der Waals surface area (Å²) in [5.74, 6) is -0.528. The average Bonchev–Trinajstić information content (AvgIpc) is 3.15. The van der Waals surface area contributed by atoms with Crippen molar-refractivity contribution in [2.75, 3.05) is 11.9 Å². The van der Waals surface area contributed by atoms with Gasteiger partial charge in [0, 0.05) is 29.0 Å². The van der Waals surface area contributed by atoms with Crippen LogP contribution in [0.4, 0.5) is 5.69 Å². The molecule has 0 aliphatic carbocycles. The lowest BCUT2D eigenvalue weighted by Crippen LogP contribution is -2.14. The number of pyridine rings is 1. The molecule has 0 saturated carbocycles. The number of thiazole rings is 1. The third-order valence-electron chi connectivity index (χ3n) is 3.64. The molecular formula is C20H19N3O3S. The lowest BCUT2D eigenvalue weighted by atomic mass is 10.2. The van der Waals surface area contributed by atoms with Crippen molar-refractivity contribution in [1.82, 2.24) is 9.97 Å². The average molecular weight is 381 g/mol. The zero-order valence-electron chi connectivity index (χ0n) is 14.8. The summed E-state index contributed by atoms with van der Waals surface area (Å²) in [5.41, 5.74) is 2.72. The SMILES string of the molecule is CCCOC(=O)c1ccc(NC(=O)Cc2csc(-c3cccnc3)n2)cc1. The molecule has 0 aliphatic rings. The Hall–Kier alpha value is -3.06. The minimum Gasteiger partial charge on any atom is -0.462 e. The molecule has 3 aromatic rings. The number of carbonyl (C=O) groups excluding carboxylic acids is 2. The number of nitrogens with zero attached hydrogens (tertiary/aromatic N) is 2. The molecule has 0 fully saturated rings. The quantitative estimate of drug-likeness (QED) is 0.627. The maximum absolute atomic E-state index is 12.2. The number of ether oxygens (including phenoxy) is 1. The molecule has 0 atom stereocenters. The van der Waals surface area contributed by atoms with Gasteiger partial charge in [-0.25, -0.2) is 9.78 Å². The number of hydrogen-bond donors (Lipinski definition) is 1. The van der Waals surface area contributed by atoms with Crippen molar-refractivity contribution in [2.45, 2.75) is 19.8 Å². The molecule has 0 bridgehead atoms. The highest BCUT2D eigenvalue weighted by molar-refractivity contribution is 7.13. The van der Waals surface area contributed by atoms with E-state index >= 15 is 0 Å². The molecule has 0 saturated heterocycles. The van der Waals surface area contributed by atoms with E-state index in [2.05, 4.69) is 15.3 Å². The van der Waals surface area contributed by atoms with Crippen LogP contribution in [0.5, 0.6) is 0 Å². The first-order valence-corrected chi connectivity index (χ1v) is 9.45. The van der Waals surface area contributed by atoms with Gasteiger partial charge in [0.1, 0.15) is 5.01 Å². The van der Waals surface area contributed by atoms with Crippen LogP contribution in [0.1, 0.15) is 29.4 Å². The van der Waals surface area contributed by atoms with Crippen LogP contribution in [0.15, 0.2) is 54.2 Å². The first-order chi connectivity index (χ1) is 13.2. The summed E-state index contributed by atoms with van der Waals surface area (Å²) in [6.45, 7) is 2.33. The summed E-state index contributed by atoms with van der Waals surface area (Å²) >= 11 is 1.48. The van der Waals surface area contributed by atoms with E-state index in [1.807, 2.05) is 24.4 Å². The topological polar surface area (TPSA) is 81.2 Å². The summed E-state index contributed by atoms with van der Waals surface area (Å²) in [4.78, 5) is 32.6. The fourth-order valence-electron chi connectivity index (χ4n) is 2.35. The molecule has 0 spiro atoms. The van der Waals surface area contributed by atoms with Crippen LogP contribution in [-0.4, -0.2) is 28.5 Å². The Kier molecular flexibility index (Phi) is 6.27. The highest BCUT2D eigenvalue weighted by atomic mass is 32.1. The molecular weight excluding hydrogens is 362 g/mol. The molecule has 0 unspecified atom stereocenters. The van der Waals surface area contributed by atoms with E-state index in [1.165, 1.54) is 11.3 Å². The predicted molar refractivity (Wildman–Crippen MR) is 105 cm³/mol. The van der Waals surface area contributed by atoms with Crippen molar-refractivity contribution in [3.8, 4) is 10.6 Å². The maximum atomic E-state index is 12.2. The smallest absolute Gasteiger partial charge is 0.338 e. The van der Waals surface area contributed by atoms with Crippen LogP contribution in [0.3, 0.4) is 0 Å². The number of nitrogens with one attached hydrogen (secondary N) is 1.